The Bertz CT molecular complexity index is 634. The van der Waals surface area contributed by atoms with Crippen LogP contribution in [0.25, 0.3) is 0 Å². The molecular weight excluding hydrogens is 349 g/mol. The summed E-state index contributed by atoms with van der Waals surface area (Å²) in [5, 5.41) is 3.25. The van der Waals surface area contributed by atoms with E-state index in [1.54, 1.807) is 26.4 Å². The Morgan fingerprint density at radius 3 is 2.45 bits per heavy atom. The standard InChI is InChI=1S/C17H19BrFNO2/c1-21-16-10-14(18)17(22-2)9-12(16)7-8-20-11-13-5-3-4-6-15(13)19/h3-6,9-10,20H,7-8,11H2,1-2H3. The van der Waals surface area contributed by atoms with Crippen molar-refractivity contribution in [2.24, 2.45) is 0 Å². The van der Waals surface area contributed by atoms with Gasteiger partial charge >= 0.3 is 0 Å². The van der Waals surface area contributed by atoms with E-state index < -0.39 is 0 Å². The van der Waals surface area contributed by atoms with Crippen LogP contribution in [0.4, 0.5) is 4.39 Å². The zero-order chi connectivity index (χ0) is 15.9. The molecule has 2 aromatic carbocycles. The number of rotatable bonds is 7. The van der Waals surface area contributed by atoms with Crippen LogP contribution in [0.2, 0.25) is 0 Å². The maximum atomic E-state index is 13.5. The number of methoxy groups -OCH3 is 2. The summed E-state index contributed by atoms with van der Waals surface area (Å²) in [6.07, 6.45) is 0.765. The molecule has 2 aromatic rings. The molecule has 0 amide bonds. The van der Waals surface area contributed by atoms with Crippen LogP contribution in [0, 0.1) is 5.82 Å². The molecule has 0 spiro atoms. The first-order valence-corrected chi connectivity index (χ1v) is 7.79. The molecule has 1 N–H and O–H groups in total. The molecule has 0 aromatic heterocycles. The highest BCUT2D eigenvalue weighted by Crippen LogP contribution is 2.32. The molecule has 0 aliphatic rings. The van der Waals surface area contributed by atoms with Crippen molar-refractivity contribution in [3.8, 4) is 11.5 Å². The quantitative estimate of drug-likeness (QED) is 0.751. The first-order valence-electron chi connectivity index (χ1n) is 7.00. The average Bonchev–Trinajstić information content (AvgIpc) is 2.53. The number of benzene rings is 2. The van der Waals surface area contributed by atoms with Gasteiger partial charge in [0.2, 0.25) is 0 Å². The molecule has 118 valence electrons. The summed E-state index contributed by atoms with van der Waals surface area (Å²) in [5.41, 5.74) is 1.71. The third-order valence-corrected chi connectivity index (χ3v) is 4.02. The minimum Gasteiger partial charge on any atom is -0.496 e. The molecule has 0 aliphatic heterocycles. The molecule has 0 radical (unpaired) electrons. The van der Waals surface area contributed by atoms with Gasteiger partial charge in [-0.15, -0.1) is 0 Å². The summed E-state index contributed by atoms with van der Waals surface area (Å²) >= 11 is 3.44. The molecule has 0 saturated carbocycles. The monoisotopic (exact) mass is 367 g/mol. The number of hydrogen-bond acceptors (Lipinski definition) is 3. The van der Waals surface area contributed by atoms with Crippen molar-refractivity contribution in [3.63, 3.8) is 0 Å². The van der Waals surface area contributed by atoms with Crippen LogP contribution in [0.3, 0.4) is 0 Å². The molecular formula is C17H19BrFNO2. The van der Waals surface area contributed by atoms with E-state index in [1.807, 2.05) is 18.2 Å². The minimum atomic E-state index is -0.183. The molecule has 0 aliphatic carbocycles. The summed E-state index contributed by atoms with van der Waals surface area (Å²) in [6, 6.07) is 10.6. The van der Waals surface area contributed by atoms with Crippen molar-refractivity contribution < 1.29 is 13.9 Å². The van der Waals surface area contributed by atoms with Gasteiger partial charge in [0.1, 0.15) is 17.3 Å². The van der Waals surface area contributed by atoms with Gasteiger partial charge in [-0.05, 0) is 52.7 Å². The van der Waals surface area contributed by atoms with Gasteiger partial charge in [-0.2, -0.15) is 0 Å². The third-order valence-electron chi connectivity index (χ3n) is 3.40. The van der Waals surface area contributed by atoms with Crippen LogP contribution in [-0.4, -0.2) is 20.8 Å². The molecule has 5 heteroatoms. The van der Waals surface area contributed by atoms with Gasteiger partial charge in [0.05, 0.1) is 18.7 Å². The summed E-state index contributed by atoms with van der Waals surface area (Å²) < 4.78 is 25.1. The topological polar surface area (TPSA) is 30.5 Å². The lowest BCUT2D eigenvalue weighted by atomic mass is 10.1. The van der Waals surface area contributed by atoms with Crippen molar-refractivity contribution in [2.75, 3.05) is 20.8 Å². The van der Waals surface area contributed by atoms with Crippen molar-refractivity contribution >= 4 is 15.9 Å². The fraction of sp³-hybridized carbons (Fsp3) is 0.294. The molecule has 22 heavy (non-hydrogen) atoms. The Morgan fingerprint density at radius 2 is 1.77 bits per heavy atom. The Hall–Kier alpha value is -1.59. The SMILES string of the molecule is COc1cc(CCNCc2ccccc2F)c(OC)cc1Br. The predicted molar refractivity (Wildman–Crippen MR) is 89.1 cm³/mol. The summed E-state index contributed by atoms with van der Waals surface area (Å²) in [6.45, 7) is 1.22. The normalized spacial score (nSPS) is 10.5. The van der Waals surface area contributed by atoms with E-state index in [1.165, 1.54) is 6.07 Å². The van der Waals surface area contributed by atoms with Crippen LogP contribution in [0.5, 0.6) is 11.5 Å². The minimum absolute atomic E-state index is 0.183. The highest BCUT2D eigenvalue weighted by atomic mass is 79.9. The fourth-order valence-corrected chi connectivity index (χ4v) is 2.69. The number of nitrogens with one attached hydrogen (secondary N) is 1. The Kier molecular flexibility index (Phi) is 6.21. The first kappa shape index (κ1) is 16.8. The lowest BCUT2D eigenvalue weighted by Gasteiger charge is -2.13. The molecule has 0 fully saturated rings. The highest BCUT2D eigenvalue weighted by Gasteiger charge is 2.09. The van der Waals surface area contributed by atoms with E-state index >= 15 is 0 Å². The molecule has 0 saturated heterocycles. The molecule has 0 unspecified atom stereocenters. The van der Waals surface area contributed by atoms with Crippen LogP contribution in [0.1, 0.15) is 11.1 Å². The van der Waals surface area contributed by atoms with E-state index in [9.17, 15) is 4.39 Å². The maximum Gasteiger partial charge on any atom is 0.133 e. The van der Waals surface area contributed by atoms with Crippen LogP contribution in [-0.2, 0) is 13.0 Å². The molecule has 2 rings (SSSR count). The van der Waals surface area contributed by atoms with E-state index in [2.05, 4.69) is 21.2 Å². The molecule has 0 bridgehead atoms. The van der Waals surface area contributed by atoms with E-state index in [0.29, 0.717) is 12.1 Å². The maximum absolute atomic E-state index is 13.5. The van der Waals surface area contributed by atoms with Gasteiger partial charge in [-0.25, -0.2) is 4.39 Å². The summed E-state index contributed by atoms with van der Waals surface area (Å²) in [5.74, 6) is 1.39. The van der Waals surface area contributed by atoms with E-state index in [0.717, 1.165) is 34.5 Å². The largest absolute Gasteiger partial charge is 0.496 e. The van der Waals surface area contributed by atoms with Crippen molar-refractivity contribution in [2.45, 2.75) is 13.0 Å². The zero-order valence-corrected chi connectivity index (χ0v) is 14.2. The Balaban J connectivity index is 1.95. The predicted octanol–water partition coefficient (Wildman–Crippen LogP) is 3.94. The zero-order valence-electron chi connectivity index (χ0n) is 12.7. The summed E-state index contributed by atoms with van der Waals surface area (Å²) in [4.78, 5) is 0. The number of hydrogen-bond donors (Lipinski definition) is 1. The Morgan fingerprint density at radius 1 is 1.05 bits per heavy atom. The van der Waals surface area contributed by atoms with Gasteiger partial charge in [0, 0.05) is 12.1 Å². The number of halogens is 2. The third kappa shape index (κ3) is 4.21. The first-order chi connectivity index (χ1) is 10.7. The second kappa shape index (κ2) is 8.15. The van der Waals surface area contributed by atoms with Gasteiger partial charge in [0.25, 0.3) is 0 Å². The molecule has 3 nitrogen and oxygen atoms in total. The van der Waals surface area contributed by atoms with Gasteiger partial charge < -0.3 is 14.8 Å². The van der Waals surface area contributed by atoms with E-state index in [-0.39, 0.29) is 5.82 Å². The highest BCUT2D eigenvalue weighted by molar-refractivity contribution is 9.10. The van der Waals surface area contributed by atoms with Crippen molar-refractivity contribution in [1.82, 2.24) is 5.32 Å². The number of ether oxygens (including phenoxy) is 2. The lowest BCUT2D eigenvalue weighted by molar-refractivity contribution is 0.396. The van der Waals surface area contributed by atoms with E-state index in [4.69, 9.17) is 9.47 Å². The van der Waals surface area contributed by atoms with Crippen LogP contribution >= 0.6 is 15.9 Å². The average molecular weight is 368 g/mol. The smallest absolute Gasteiger partial charge is 0.133 e. The van der Waals surface area contributed by atoms with Gasteiger partial charge in [0.15, 0.2) is 0 Å². The molecule has 0 heterocycles. The lowest BCUT2D eigenvalue weighted by Crippen LogP contribution is -2.17. The van der Waals surface area contributed by atoms with Gasteiger partial charge in [-0.3, -0.25) is 0 Å². The summed E-state index contributed by atoms with van der Waals surface area (Å²) in [7, 11) is 3.28. The second-order valence-corrected chi connectivity index (χ2v) is 5.67. The van der Waals surface area contributed by atoms with Gasteiger partial charge in [-0.1, -0.05) is 18.2 Å². The van der Waals surface area contributed by atoms with Crippen LogP contribution < -0.4 is 14.8 Å². The fourth-order valence-electron chi connectivity index (χ4n) is 2.21. The van der Waals surface area contributed by atoms with Crippen molar-refractivity contribution in [1.29, 1.82) is 0 Å². The van der Waals surface area contributed by atoms with Crippen LogP contribution in [0.15, 0.2) is 40.9 Å². The van der Waals surface area contributed by atoms with Crippen molar-refractivity contribution in [3.05, 3.63) is 57.8 Å². The second-order valence-electron chi connectivity index (χ2n) is 4.82. The Labute approximate surface area is 138 Å². The molecule has 0 atom stereocenters.